The van der Waals surface area contributed by atoms with Crippen molar-refractivity contribution < 1.29 is 17.9 Å². The maximum absolute atomic E-state index is 12.1. The van der Waals surface area contributed by atoms with Crippen LogP contribution in [0.15, 0.2) is 35.1 Å². The van der Waals surface area contributed by atoms with E-state index in [1.165, 1.54) is 18.2 Å². The first kappa shape index (κ1) is 13.7. The van der Waals surface area contributed by atoms with E-state index in [4.69, 9.17) is 0 Å². The maximum atomic E-state index is 12.1. The van der Waals surface area contributed by atoms with Crippen LogP contribution in [0.25, 0.3) is 0 Å². The van der Waals surface area contributed by atoms with E-state index in [1.54, 1.807) is 12.4 Å². The minimum absolute atomic E-state index is 0.217. The zero-order valence-corrected chi connectivity index (χ0v) is 11.0. The van der Waals surface area contributed by atoms with Crippen molar-refractivity contribution in [2.75, 3.05) is 5.32 Å². The molecule has 2 aromatic rings. The van der Waals surface area contributed by atoms with Gasteiger partial charge in [-0.25, -0.2) is 4.98 Å². The van der Waals surface area contributed by atoms with Crippen molar-refractivity contribution >= 4 is 21.6 Å². The molecule has 0 aliphatic rings. The summed E-state index contributed by atoms with van der Waals surface area (Å²) in [4.78, 5) is 6.92. The van der Waals surface area contributed by atoms with Gasteiger partial charge in [-0.3, -0.25) is 0 Å². The second-order valence-electron chi connectivity index (χ2n) is 3.58. The lowest BCUT2D eigenvalue weighted by Crippen LogP contribution is -2.17. The van der Waals surface area contributed by atoms with E-state index in [1.807, 2.05) is 0 Å². The first-order chi connectivity index (χ1) is 8.94. The standard InChI is InChI=1S/C11H9BrF3N3O/c12-8-5-7(18-6-10-16-3-4-17-10)1-2-9(8)19-11(13,14)15/h1-5,18H,6H2,(H,16,17). The predicted molar refractivity (Wildman–Crippen MR) is 66.7 cm³/mol. The molecule has 1 aromatic carbocycles. The Bertz CT molecular complexity index is 543. The van der Waals surface area contributed by atoms with Gasteiger partial charge >= 0.3 is 6.36 Å². The molecular weight excluding hydrogens is 327 g/mol. The summed E-state index contributed by atoms with van der Waals surface area (Å²) >= 11 is 3.03. The normalized spacial score (nSPS) is 11.4. The molecule has 0 amide bonds. The Morgan fingerprint density at radius 3 is 2.74 bits per heavy atom. The number of benzene rings is 1. The number of hydrogen-bond acceptors (Lipinski definition) is 3. The predicted octanol–water partition coefficient (Wildman–Crippen LogP) is 3.68. The van der Waals surface area contributed by atoms with Crippen LogP contribution >= 0.6 is 15.9 Å². The molecule has 0 saturated carbocycles. The molecule has 0 bridgehead atoms. The van der Waals surface area contributed by atoms with Crippen molar-refractivity contribution in [2.45, 2.75) is 12.9 Å². The highest BCUT2D eigenvalue weighted by atomic mass is 79.9. The van der Waals surface area contributed by atoms with E-state index in [0.29, 0.717) is 12.2 Å². The van der Waals surface area contributed by atoms with E-state index < -0.39 is 6.36 Å². The van der Waals surface area contributed by atoms with Gasteiger partial charge in [0.05, 0.1) is 11.0 Å². The zero-order chi connectivity index (χ0) is 13.9. The smallest absolute Gasteiger partial charge is 0.405 e. The van der Waals surface area contributed by atoms with E-state index in [0.717, 1.165) is 5.82 Å². The molecule has 8 heteroatoms. The van der Waals surface area contributed by atoms with Gasteiger partial charge in [0.1, 0.15) is 11.6 Å². The van der Waals surface area contributed by atoms with Crippen LogP contribution in [-0.2, 0) is 6.54 Å². The number of ether oxygens (including phenoxy) is 1. The molecule has 1 heterocycles. The van der Waals surface area contributed by atoms with Crippen molar-refractivity contribution in [3.63, 3.8) is 0 Å². The largest absolute Gasteiger partial charge is 0.573 e. The number of aromatic nitrogens is 2. The van der Waals surface area contributed by atoms with Gasteiger partial charge < -0.3 is 15.0 Å². The number of alkyl halides is 3. The SMILES string of the molecule is FC(F)(F)Oc1ccc(NCc2ncc[nH]2)cc1Br. The Morgan fingerprint density at radius 1 is 1.37 bits per heavy atom. The number of aromatic amines is 1. The van der Waals surface area contributed by atoms with Gasteiger partial charge in [0, 0.05) is 18.1 Å². The molecule has 0 saturated heterocycles. The molecule has 4 nitrogen and oxygen atoms in total. The summed E-state index contributed by atoms with van der Waals surface area (Å²) in [6.07, 6.45) is -1.40. The summed E-state index contributed by atoms with van der Waals surface area (Å²) in [6.45, 7) is 0.443. The van der Waals surface area contributed by atoms with Crippen LogP contribution < -0.4 is 10.1 Å². The van der Waals surface area contributed by atoms with Crippen LogP contribution in [0.3, 0.4) is 0 Å². The topological polar surface area (TPSA) is 49.9 Å². The quantitative estimate of drug-likeness (QED) is 0.895. The van der Waals surface area contributed by atoms with E-state index in [9.17, 15) is 13.2 Å². The van der Waals surface area contributed by atoms with Gasteiger partial charge in [-0.05, 0) is 34.1 Å². The van der Waals surface area contributed by atoms with Crippen molar-refractivity contribution in [3.05, 3.63) is 40.9 Å². The van der Waals surface area contributed by atoms with Crippen molar-refractivity contribution in [1.82, 2.24) is 9.97 Å². The summed E-state index contributed by atoms with van der Waals surface area (Å²) in [6, 6.07) is 4.24. The molecule has 0 unspecified atom stereocenters. The highest BCUT2D eigenvalue weighted by molar-refractivity contribution is 9.10. The van der Waals surface area contributed by atoms with Crippen molar-refractivity contribution in [2.24, 2.45) is 0 Å². The second-order valence-corrected chi connectivity index (χ2v) is 4.44. The van der Waals surface area contributed by atoms with Crippen molar-refractivity contribution in [3.8, 4) is 5.75 Å². The number of rotatable bonds is 4. The number of anilines is 1. The van der Waals surface area contributed by atoms with Gasteiger partial charge in [-0.1, -0.05) is 0 Å². The molecule has 19 heavy (non-hydrogen) atoms. The average Bonchev–Trinajstić information content (AvgIpc) is 2.81. The molecular formula is C11H9BrF3N3O. The van der Waals surface area contributed by atoms with Gasteiger partial charge in [0.15, 0.2) is 0 Å². The fourth-order valence-corrected chi connectivity index (χ4v) is 1.86. The van der Waals surface area contributed by atoms with Crippen LogP contribution in [0.5, 0.6) is 5.75 Å². The van der Waals surface area contributed by atoms with E-state index >= 15 is 0 Å². The Balaban J connectivity index is 2.02. The van der Waals surface area contributed by atoms with Gasteiger partial charge in [-0.2, -0.15) is 0 Å². The van der Waals surface area contributed by atoms with E-state index in [-0.39, 0.29) is 10.2 Å². The molecule has 0 spiro atoms. The zero-order valence-electron chi connectivity index (χ0n) is 9.46. The summed E-state index contributed by atoms with van der Waals surface area (Å²) in [5.74, 6) is 0.447. The molecule has 2 rings (SSSR count). The molecule has 2 N–H and O–H groups in total. The third kappa shape index (κ3) is 4.16. The van der Waals surface area contributed by atoms with Crippen LogP contribution in [0.1, 0.15) is 5.82 Å². The average molecular weight is 336 g/mol. The number of imidazole rings is 1. The fourth-order valence-electron chi connectivity index (χ4n) is 1.40. The lowest BCUT2D eigenvalue weighted by atomic mass is 10.3. The van der Waals surface area contributed by atoms with Gasteiger partial charge in [-0.15, -0.1) is 13.2 Å². The van der Waals surface area contributed by atoms with Crippen LogP contribution in [-0.4, -0.2) is 16.3 Å². The maximum Gasteiger partial charge on any atom is 0.573 e. The molecule has 0 atom stereocenters. The monoisotopic (exact) mass is 335 g/mol. The van der Waals surface area contributed by atoms with E-state index in [2.05, 4.69) is 36.0 Å². The number of halogens is 4. The number of nitrogens with zero attached hydrogens (tertiary/aromatic N) is 1. The number of hydrogen-bond donors (Lipinski definition) is 2. The Labute approximate surface area is 115 Å². The molecule has 0 radical (unpaired) electrons. The van der Waals surface area contributed by atoms with Gasteiger partial charge in [0.2, 0.25) is 0 Å². The molecule has 1 aromatic heterocycles. The highest BCUT2D eigenvalue weighted by Crippen LogP contribution is 2.32. The Hall–Kier alpha value is -1.70. The van der Waals surface area contributed by atoms with Crippen LogP contribution in [0.2, 0.25) is 0 Å². The van der Waals surface area contributed by atoms with Gasteiger partial charge in [0.25, 0.3) is 0 Å². The minimum atomic E-state index is -4.70. The van der Waals surface area contributed by atoms with Crippen LogP contribution in [0.4, 0.5) is 18.9 Å². The summed E-state index contributed by atoms with van der Waals surface area (Å²) in [7, 11) is 0. The molecule has 102 valence electrons. The van der Waals surface area contributed by atoms with Crippen molar-refractivity contribution in [1.29, 1.82) is 0 Å². The highest BCUT2D eigenvalue weighted by Gasteiger charge is 2.31. The number of nitrogens with one attached hydrogen (secondary N) is 2. The fraction of sp³-hybridized carbons (Fsp3) is 0.182. The first-order valence-corrected chi connectivity index (χ1v) is 6.01. The first-order valence-electron chi connectivity index (χ1n) is 5.21. The Morgan fingerprint density at radius 2 is 2.16 bits per heavy atom. The second kappa shape index (κ2) is 5.52. The minimum Gasteiger partial charge on any atom is -0.405 e. The molecule has 0 fully saturated rings. The van der Waals surface area contributed by atoms with Crippen LogP contribution in [0, 0.1) is 0 Å². The summed E-state index contributed by atoms with van der Waals surface area (Å²) in [5.41, 5.74) is 0.651. The molecule has 0 aliphatic carbocycles. The lowest BCUT2D eigenvalue weighted by molar-refractivity contribution is -0.274. The summed E-state index contributed by atoms with van der Waals surface area (Å²) in [5, 5.41) is 3.02. The third-order valence-electron chi connectivity index (χ3n) is 2.17. The third-order valence-corrected chi connectivity index (χ3v) is 2.79. The summed E-state index contributed by atoms with van der Waals surface area (Å²) < 4.78 is 40.3. The Kier molecular flexibility index (Phi) is 3.98. The lowest BCUT2D eigenvalue weighted by Gasteiger charge is -2.12. The molecule has 0 aliphatic heterocycles. The number of H-pyrrole nitrogens is 1.